The molecule has 0 radical (unpaired) electrons. The Balaban J connectivity index is 2.01. The molecule has 0 atom stereocenters. The van der Waals surface area contributed by atoms with Crippen molar-refractivity contribution in [1.82, 2.24) is 9.55 Å². The Bertz CT molecular complexity index is 895. The van der Waals surface area contributed by atoms with Crippen molar-refractivity contribution in [3.63, 3.8) is 0 Å². The molecule has 0 fully saturated rings. The number of nitrogens with zero attached hydrogens (tertiary/aromatic N) is 2. The lowest BCUT2D eigenvalue weighted by Gasteiger charge is -2.12. The molecule has 164 valence electrons. The van der Waals surface area contributed by atoms with Crippen molar-refractivity contribution in [2.45, 2.75) is 13.0 Å². The normalized spacial score (nSPS) is 11.4. The molecule has 0 saturated heterocycles. The predicted octanol–water partition coefficient (Wildman–Crippen LogP) is 0.153. The largest absolute Gasteiger partial charge is 0.489 e. The zero-order valence-corrected chi connectivity index (χ0v) is 16.5. The summed E-state index contributed by atoms with van der Waals surface area (Å²) in [5, 5.41) is 17.4. The molecule has 1 aromatic carbocycles. The summed E-state index contributed by atoms with van der Waals surface area (Å²) in [6.07, 6.45) is 3.26. The number of aliphatic carboxylic acids is 1. The topological polar surface area (TPSA) is 172 Å². The number of aliphatic hydroxyl groups excluding tert-OH is 1. The van der Waals surface area contributed by atoms with E-state index in [0.717, 1.165) is 0 Å². The minimum Gasteiger partial charge on any atom is -0.489 e. The molecular weight excluding hydrogens is 396 g/mol. The molecule has 2 aromatic rings. The molecule has 2 rings (SSSR count). The summed E-state index contributed by atoms with van der Waals surface area (Å²) in [6, 6.07) is 3.06. The van der Waals surface area contributed by atoms with Gasteiger partial charge in [0.1, 0.15) is 17.9 Å². The van der Waals surface area contributed by atoms with Crippen LogP contribution >= 0.6 is 0 Å². The number of carbonyl (C=O) groups excluding carboxylic acids is 1. The summed E-state index contributed by atoms with van der Waals surface area (Å²) in [4.78, 5) is 26.3. The van der Waals surface area contributed by atoms with Crippen molar-refractivity contribution >= 4 is 28.9 Å². The van der Waals surface area contributed by atoms with Gasteiger partial charge >= 0.3 is 5.97 Å². The highest BCUT2D eigenvalue weighted by Gasteiger charge is 2.16. The maximum absolute atomic E-state index is 11.6. The van der Waals surface area contributed by atoms with Crippen LogP contribution in [0.1, 0.15) is 16.8 Å². The fourth-order valence-electron chi connectivity index (χ4n) is 2.63. The Morgan fingerprint density at radius 3 is 2.47 bits per heavy atom. The number of hydrogen-bond donors (Lipinski definition) is 4. The van der Waals surface area contributed by atoms with Crippen molar-refractivity contribution in [3.8, 4) is 5.75 Å². The number of benzene rings is 1. The number of carboxylic acid groups (broad SMARTS) is 1. The van der Waals surface area contributed by atoms with E-state index >= 15 is 0 Å². The number of aromatic nitrogens is 2. The molecule has 11 heteroatoms. The number of imidazole rings is 1. The number of anilines is 1. The predicted molar refractivity (Wildman–Crippen MR) is 108 cm³/mol. The van der Waals surface area contributed by atoms with E-state index in [-0.39, 0.29) is 57.6 Å². The van der Waals surface area contributed by atoms with Gasteiger partial charge in [-0.1, -0.05) is 12.2 Å². The molecule has 11 nitrogen and oxygen atoms in total. The number of carbonyl (C=O) groups is 2. The number of carboxylic acids is 1. The quantitative estimate of drug-likeness (QED) is 0.244. The van der Waals surface area contributed by atoms with Crippen LogP contribution in [0, 0.1) is 0 Å². The minimum atomic E-state index is -0.916. The molecule has 6 N–H and O–H groups in total. The number of nitrogen functional groups attached to an aromatic ring is 1. The highest BCUT2D eigenvalue weighted by Crippen LogP contribution is 2.30. The monoisotopic (exact) mass is 422 g/mol. The summed E-state index contributed by atoms with van der Waals surface area (Å²) in [5.74, 6) is -0.927. The van der Waals surface area contributed by atoms with Gasteiger partial charge in [0.25, 0.3) is 0 Å². The number of rotatable bonds is 14. The standard InChI is InChI=1S/C19H26N4O7/c20-18(27)13-11-14-17(23(19(21)22-14)4-1-2-5-24)15(12-13)30-10-9-29-8-7-28-6-3-16(25)26/h1-2,11-12,24H,3-10H2,(H2,20,27)(H2,21,22)(H,25,26). The van der Waals surface area contributed by atoms with E-state index in [1.54, 1.807) is 16.7 Å². The van der Waals surface area contributed by atoms with Crippen LogP contribution < -0.4 is 16.2 Å². The van der Waals surface area contributed by atoms with Gasteiger partial charge in [-0.2, -0.15) is 0 Å². The van der Waals surface area contributed by atoms with Crippen molar-refractivity contribution < 1.29 is 34.0 Å². The van der Waals surface area contributed by atoms with E-state index in [1.165, 1.54) is 12.1 Å². The summed E-state index contributed by atoms with van der Waals surface area (Å²) in [7, 11) is 0. The highest BCUT2D eigenvalue weighted by molar-refractivity contribution is 5.98. The van der Waals surface area contributed by atoms with Gasteiger partial charge in [-0.3, -0.25) is 9.59 Å². The number of amides is 1. The van der Waals surface area contributed by atoms with Gasteiger partial charge in [0.2, 0.25) is 11.9 Å². The van der Waals surface area contributed by atoms with E-state index in [1.807, 2.05) is 0 Å². The average molecular weight is 422 g/mol. The molecule has 1 aromatic heterocycles. The molecule has 1 heterocycles. The van der Waals surface area contributed by atoms with Crippen molar-refractivity contribution in [1.29, 1.82) is 0 Å². The molecule has 0 unspecified atom stereocenters. The lowest BCUT2D eigenvalue weighted by atomic mass is 10.1. The van der Waals surface area contributed by atoms with E-state index < -0.39 is 11.9 Å². The number of allylic oxidation sites excluding steroid dienone is 1. The van der Waals surface area contributed by atoms with Crippen LogP contribution in [0.3, 0.4) is 0 Å². The Kier molecular flexibility index (Phi) is 9.06. The Morgan fingerprint density at radius 1 is 1.10 bits per heavy atom. The van der Waals surface area contributed by atoms with Gasteiger partial charge in [-0.25, -0.2) is 4.98 Å². The maximum Gasteiger partial charge on any atom is 0.305 e. The number of hydrogen-bond acceptors (Lipinski definition) is 8. The molecule has 30 heavy (non-hydrogen) atoms. The molecular formula is C19H26N4O7. The van der Waals surface area contributed by atoms with Crippen molar-refractivity contribution in [2.24, 2.45) is 5.73 Å². The third-order valence-electron chi connectivity index (χ3n) is 4.00. The second-order valence-corrected chi connectivity index (χ2v) is 6.16. The fraction of sp³-hybridized carbons (Fsp3) is 0.421. The van der Waals surface area contributed by atoms with Crippen LogP contribution in [0.5, 0.6) is 5.75 Å². The van der Waals surface area contributed by atoms with Crippen LogP contribution in [0.4, 0.5) is 5.95 Å². The van der Waals surface area contributed by atoms with E-state index in [9.17, 15) is 9.59 Å². The number of ether oxygens (including phenoxy) is 3. The van der Waals surface area contributed by atoms with Crippen LogP contribution in [0.25, 0.3) is 11.0 Å². The first-order valence-corrected chi connectivity index (χ1v) is 9.29. The zero-order chi connectivity index (χ0) is 21.9. The smallest absolute Gasteiger partial charge is 0.305 e. The van der Waals surface area contributed by atoms with E-state index in [4.69, 9.17) is 35.9 Å². The van der Waals surface area contributed by atoms with E-state index in [0.29, 0.717) is 23.3 Å². The summed E-state index contributed by atoms with van der Waals surface area (Å²) in [6.45, 7) is 1.38. The Hall–Kier alpha value is -3.15. The van der Waals surface area contributed by atoms with Gasteiger partial charge in [0.15, 0.2) is 0 Å². The maximum atomic E-state index is 11.6. The van der Waals surface area contributed by atoms with Crippen LogP contribution in [-0.4, -0.2) is 71.3 Å². The molecule has 0 saturated carbocycles. The summed E-state index contributed by atoms with van der Waals surface area (Å²) < 4.78 is 18.0. The van der Waals surface area contributed by atoms with Gasteiger partial charge in [-0.05, 0) is 12.1 Å². The summed E-state index contributed by atoms with van der Waals surface area (Å²) in [5.41, 5.74) is 12.7. The molecule has 0 aliphatic heterocycles. The first-order chi connectivity index (χ1) is 14.4. The highest BCUT2D eigenvalue weighted by atomic mass is 16.5. The average Bonchev–Trinajstić information content (AvgIpc) is 3.01. The van der Waals surface area contributed by atoms with Crippen LogP contribution in [0.2, 0.25) is 0 Å². The lowest BCUT2D eigenvalue weighted by Crippen LogP contribution is -2.14. The van der Waals surface area contributed by atoms with Gasteiger partial charge in [0.05, 0.1) is 45.0 Å². The molecule has 0 spiro atoms. The fourth-order valence-corrected chi connectivity index (χ4v) is 2.63. The lowest BCUT2D eigenvalue weighted by molar-refractivity contribution is -0.138. The molecule has 0 bridgehead atoms. The summed E-state index contributed by atoms with van der Waals surface area (Å²) >= 11 is 0. The molecule has 0 aliphatic carbocycles. The zero-order valence-electron chi connectivity index (χ0n) is 16.5. The second-order valence-electron chi connectivity index (χ2n) is 6.16. The van der Waals surface area contributed by atoms with Crippen molar-refractivity contribution in [3.05, 3.63) is 29.8 Å². The van der Waals surface area contributed by atoms with Gasteiger partial charge < -0.3 is 40.5 Å². The number of fused-ring (bicyclic) bond motifs is 1. The number of aliphatic hydroxyl groups is 1. The third kappa shape index (κ3) is 6.72. The first kappa shape index (κ1) is 23.1. The number of nitrogens with two attached hydrogens (primary N) is 2. The van der Waals surface area contributed by atoms with E-state index in [2.05, 4.69) is 4.98 Å². The van der Waals surface area contributed by atoms with Gasteiger partial charge in [-0.15, -0.1) is 0 Å². The van der Waals surface area contributed by atoms with Crippen LogP contribution in [-0.2, 0) is 20.8 Å². The van der Waals surface area contributed by atoms with Crippen molar-refractivity contribution in [2.75, 3.05) is 45.4 Å². The Morgan fingerprint density at radius 2 is 1.80 bits per heavy atom. The minimum absolute atomic E-state index is 0.0559. The van der Waals surface area contributed by atoms with Crippen LogP contribution in [0.15, 0.2) is 24.3 Å². The van der Waals surface area contributed by atoms with Gasteiger partial charge in [0, 0.05) is 12.1 Å². The molecule has 0 aliphatic rings. The number of primary amides is 1. The molecule has 1 amide bonds. The first-order valence-electron chi connectivity index (χ1n) is 9.29. The second kappa shape index (κ2) is 11.8. The SMILES string of the molecule is NC(=O)c1cc(OCCOCCOCCC(=O)O)c2c(c1)nc(N)n2CC=CCO. The third-order valence-corrected chi connectivity index (χ3v) is 4.00. The Labute approximate surface area is 172 Å².